The molecule has 0 atom stereocenters. The van der Waals surface area contributed by atoms with Gasteiger partial charge in [-0.2, -0.15) is 0 Å². The highest BCUT2D eigenvalue weighted by Gasteiger charge is 2.00. The van der Waals surface area contributed by atoms with Crippen molar-refractivity contribution in [3.63, 3.8) is 0 Å². The third kappa shape index (κ3) is 6.10. The van der Waals surface area contributed by atoms with Crippen LogP contribution in [0.15, 0.2) is 29.3 Å². The molecule has 0 heterocycles. The summed E-state index contributed by atoms with van der Waals surface area (Å²) < 4.78 is 10.2. The van der Waals surface area contributed by atoms with Gasteiger partial charge in [-0.05, 0) is 18.9 Å². The highest BCUT2D eigenvalue weighted by Crippen LogP contribution is 2.17. The second-order valence-corrected chi connectivity index (χ2v) is 4.14. The van der Waals surface area contributed by atoms with Crippen LogP contribution in [0.1, 0.15) is 18.4 Å². The Labute approximate surface area is 114 Å². The van der Waals surface area contributed by atoms with Gasteiger partial charge in [0.25, 0.3) is 0 Å². The molecule has 0 bridgehead atoms. The molecule has 0 unspecified atom stereocenters. The normalized spacial score (nSPS) is 11.4. The van der Waals surface area contributed by atoms with Crippen molar-refractivity contribution in [3.8, 4) is 5.75 Å². The molecule has 1 rings (SSSR count). The first-order chi connectivity index (χ1) is 9.27. The van der Waals surface area contributed by atoms with Gasteiger partial charge < -0.3 is 20.5 Å². The van der Waals surface area contributed by atoms with E-state index in [0.717, 1.165) is 37.3 Å². The molecule has 3 N–H and O–H groups in total. The maximum absolute atomic E-state index is 5.79. The standard InChI is InChI=1S/C14H23N3O2/c1-18-10-6-5-9-16-14(15)17-11-12-7-3-4-8-13(12)19-2/h3-4,7-8H,5-6,9-11H2,1-2H3,(H3,15,16,17). The van der Waals surface area contributed by atoms with Crippen LogP contribution in [-0.4, -0.2) is 33.3 Å². The maximum atomic E-state index is 5.79. The molecular weight excluding hydrogens is 242 g/mol. The van der Waals surface area contributed by atoms with Crippen molar-refractivity contribution >= 4 is 5.96 Å². The van der Waals surface area contributed by atoms with Gasteiger partial charge in [0.15, 0.2) is 5.96 Å². The van der Waals surface area contributed by atoms with Gasteiger partial charge in [-0.15, -0.1) is 0 Å². The molecule has 5 heteroatoms. The van der Waals surface area contributed by atoms with Crippen LogP contribution in [0.5, 0.6) is 5.75 Å². The Hall–Kier alpha value is -1.75. The van der Waals surface area contributed by atoms with Crippen LogP contribution in [-0.2, 0) is 11.3 Å². The lowest BCUT2D eigenvalue weighted by atomic mass is 10.2. The van der Waals surface area contributed by atoms with E-state index in [0.29, 0.717) is 12.5 Å². The van der Waals surface area contributed by atoms with Crippen molar-refractivity contribution in [2.24, 2.45) is 10.7 Å². The fourth-order valence-electron chi connectivity index (χ4n) is 1.65. The number of hydrogen-bond donors (Lipinski definition) is 2. The molecule has 0 aromatic heterocycles. The number of aliphatic imine (C=N–C) groups is 1. The van der Waals surface area contributed by atoms with Crippen molar-refractivity contribution in [2.75, 3.05) is 27.4 Å². The van der Waals surface area contributed by atoms with Crippen LogP contribution in [0.4, 0.5) is 0 Å². The molecule has 106 valence electrons. The number of unbranched alkanes of at least 4 members (excludes halogenated alkanes) is 1. The Morgan fingerprint density at radius 1 is 1.26 bits per heavy atom. The number of ether oxygens (including phenoxy) is 2. The topological polar surface area (TPSA) is 68.9 Å². The molecule has 0 fully saturated rings. The Balaban J connectivity index is 2.34. The zero-order valence-corrected chi connectivity index (χ0v) is 11.7. The first-order valence-corrected chi connectivity index (χ1v) is 6.42. The summed E-state index contributed by atoms with van der Waals surface area (Å²) in [6.07, 6.45) is 2.03. The van der Waals surface area contributed by atoms with E-state index in [2.05, 4.69) is 10.3 Å². The predicted molar refractivity (Wildman–Crippen MR) is 77.4 cm³/mol. The zero-order chi connectivity index (χ0) is 13.9. The minimum Gasteiger partial charge on any atom is -0.496 e. The number of hydrogen-bond acceptors (Lipinski definition) is 3. The molecule has 1 aromatic carbocycles. The summed E-state index contributed by atoms with van der Waals surface area (Å²) in [5, 5.41) is 3.08. The Bertz CT molecular complexity index is 394. The molecular formula is C14H23N3O2. The van der Waals surface area contributed by atoms with Crippen LogP contribution < -0.4 is 15.8 Å². The van der Waals surface area contributed by atoms with E-state index >= 15 is 0 Å². The predicted octanol–water partition coefficient (Wildman–Crippen LogP) is 1.53. The fourth-order valence-corrected chi connectivity index (χ4v) is 1.65. The summed E-state index contributed by atoms with van der Waals surface area (Å²) in [6.45, 7) is 2.10. The largest absolute Gasteiger partial charge is 0.496 e. The summed E-state index contributed by atoms with van der Waals surface area (Å²) >= 11 is 0. The van der Waals surface area contributed by atoms with Crippen LogP contribution in [0.3, 0.4) is 0 Å². The lowest BCUT2D eigenvalue weighted by Crippen LogP contribution is -2.32. The number of para-hydroxylation sites is 1. The molecule has 0 aliphatic rings. The molecule has 0 radical (unpaired) electrons. The maximum Gasteiger partial charge on any atom is 0.188 e. The van der Waals surface area contributed by atoms with Gasteiger partial charge in [0.2, 0.25) is 0 Å². The first kappa shape index (κ1) is 15.3. The number of methoxy groups -OCH3 is 2. The molecule has 1 aromatic rings. The quantitative estimate of drug-likeness (QED) is 0.425. The fraction of sp³-hybridized carbons (Fsp3) is 0.500. The lowest BCUT2D eigenvalue weighted by molar-refractivity contribution is 0.193. The SMILES string of the molecule is COCCCCNC(N)=NCc1ccccc1OC. The summed E-state index contributed by atoms with van der Waals surface area (Å²) in [7, 11) is 3.36. The second-order valence-electron chi connectivity index (χ2n) is 4.14. The Morgan fingerprint density at radius 3 is 2.79 bits per heavy atom. The average molecular weight is 265 g/mol. The molecule has 19 heavy (non-hydrogen) atoms. The monoisotopic (exact) mass is 265 g/mol. The molecule has 0 spiro atoms. The number of nitrogens with two attached hydrogens (primary N) is 1. The Kier molecular flexibility index (Phi) is 7.43. The minimum atomic E-state index is 0.461. The lowest BCUT2D eigenvalue weighted by Gasteiger charge is -2.07. The number of nitrogens with one attached hydrogen (secondary N) is 1. The molecule has 0 saturated heterocycles. The van der Waals surface area contributed by atoms with Crippen LogP contribution in [0, 0.1) is 0 Å². The molecule has 0 amide bonds. The summed E-state index contributed by atoms with van der Waals surface area (Å²) in [6, 6.07) is 7.79. The van der Waals surface area contributed by atoms with Crippen molar-refractivity contribution in [2.45, 2.75) is 19.4 Å². The smallest absolute Gasteiger partial charge is 0.188 e. The highest BCUT2D eigenvalue weighted by atomic mass is 16.5. The van der Waals surface area contributed by atoms with E-state index in [1.54, 1.807) is 14.2 Å². The van der Waals surface area contributed by atoms with Gasteiger partial charge in [-0.3, -0.25) is 0 Å². The van der Waals surface area contributed by atoms with E-state index in [4.69, 9.17) is 15.2 Å². The number of guanidine groups is 1. The van der Waals surface area contributed by atoms with E-state index in [1.807, 2.05) is 24.3 Å². The van der Waals surface area contributed by atoms with Crippen LogP contribution >= 0.6 is 0 Å². The Morgan fingerprint density at radius 2 is 2.05 bits per heavy atom. The number of benzene rings is 1. The number of rotatable bonds is 8. The third-order valence-corrected chi connectivity index (χ3v) is 2.69. The van der Waals surface area contributed by atoms with Crippen LogP contribution in [0.25, 0.3) is 0 Å². The molecule has 0 aliphatic carbocycles. The van der Waals surface area contributed by atoms with Gasteiger partial charge in [0.1, 0.15) is 5.75 Å². The van der Waals surface area contributed by atoms with E-state index < -0.39 is 0 Å². The summed E-state index contributed by atoms with van der Waals surface area (Å²) in [4.78, 5) is 4.29. The molecule has 5 nitrogen and oxygen atoms in total. The van der Waals surface area contributed by atoms with Gasteiger partial charge in [0, 0.05) is 25.8 Å². The zero-order valence-electron chi connectivity index (χ0n) is 11.7. The molecule has 0 aliphatic heterocycles. The van der Waals surface area contributed by atoms with E-state index in [-0.39, 0.29) is 0 Å². The van der Waals surface area contributed by atoms with Crippen molar-refractivity contribution in [1.82, 2.24) is 5.32 Å². The second kappa shape index (κ2) is 9.22. The number of nitrogens with zero attached hydrogens (tertiary/aromatic N) is 1. The van der Waals surface area contributed by atoms with E-state index in [1.165, 1.54) is 0 Å². The molecule has 0 saturated carbocycles. The third-order valence-electron chi connectivity index (χ3n) is 2.69. The van der Waals surface area contributed by atoms with Crippen molar-refractivity contribution in [1.29, 1.82) is 0 Å². The van der Waals surface area contributed by atoms with E-state index in [9.17, 15) is 0 Å². The van der Waals surface area contributed by atoms with Crippen LogP contribution in [0.2, 0.25) is 0 Å². The van der Waals surface area contributed by atoms with Crippen molar-refractivity contribution < 1.29 is 9.47 Å². The first-order valence-electron chi connectivity index (χ1n) is 6.42. The average Bonchev–Trinajstić information content (AvgIpc) is 2.45. The van der Waals surface area contributed by atoms with Gasteiger partial charge in [-0.1, -0.05) is 18.2 Å². The van der Waals surface area contributed by atoms with Crippen molar-refractivity contribution in [3.05, 3.63) is 29.8 Å². The highest BCUT2D eigenvalue weighted by molar-refractivity contribution is 5.77. The van der Waals surface area contributed by atoms with Gasteiger partial charge in [0.05, 0.1) is 13.7 Å². The minimum absolute atomic E-state index is 0.461. The summed E-state index contributed by atoms with van der Waals surface area (Å²) in [5.74, 6) is 1.29. The van der Waals surface area contributed by atoms with Gasteiger partial charge in [-0.25, -0.2) is 4.99 Å². The van der Waals surface area contributed by atoms with Gasteiger partial charge >= 0.3 is 0 Å². The summed E-state index contributed by atoms with van der Waals surface area (Å²) in [5.41, 5.74) is 6.82.